The number of rotatable bonds is 5. The van der Waals surface area contributed by atoms with Crippen LogP contribution in [-0.4, -0.2) is 24.5 Å². The lowest BCUT2D eigenvalue weighted by molar-refractivity contribution is -0.124. The van der Waals surface area contributed by atoms with Gasteiger partial charge in [0.2, 0.25) is 5.91 Å². The molecule has 0 aliphatic heterocycles. The third kappa shape index (κ3) is 2.81. The lowest BCUT2D eigenvalue weighted by Gasteiger charge is -2.48. The van der Waals surface area contributed by atoms with Gasteiger partial charge in [-0.15, -0.1) is 0 Å². The number of carbonyl (C=O) groups is 1. The van der Waals surface area contributed by atoms with Crippen molar-refractivity contribution in [2.75, 3.05) is 13.1 Å². The molecule has 3 fully saturated rings. The summed E-state index contributed by atoms with van der Waals surface area (Å²) in [5.41, 5.74) is 0.217. The number of hydrogen-bond donors (Lipinski definition) is 2. The van der Waals surface area contributed by atoms with Gasteiger partial charge in [0, 0.05) is 5.54 Å². The molecule has 3 aliphatic rings. The van der Waals surface area contributed by atoms with E-state index in [-0.39, 0.29) is 16.9 Å². The van der Waals surface area contributed by atoms with Gasteiger partial charge in [-0.05, 0) is 68.7 Å². The number of nitrogens with one attached hydrogen (secondary N) is 2. The fraction of sp³-hybridized carbons (Fsp3) is 0.947. The van der Waals surface area contributed by atoms with E-state index in [1.807, 2.05) is 0 Å². The second-order valence-electron chi connectivity index (χ2n) is 8.81. The number of carbonyl (C=O) groups excluding carboxylic acids is 1. The molecule has 3 heteroatoms. The van der Waals surface area contributed by atoms with Crippen molar-refractivity contribution >= 4 is 5.91 Å². The molecule has 0 unspecified atom stereocenters. The zero-order valence-electron chi connectivity index (χ0n) is 14.7. The standard InChI is InChI=1S/C19H34N2O/c1-18(2)15-9-10-16(11-15)19(18,3)21-17(22)13-20-12-14-7-5-4-6-8-14/h14-16,20H,4-13H2,1-3H3,(H,21,22)/t15-,16+,19+/m0/s1. The van der Waals surface area contributed by atoms with Crippen molar-refractivity contribution in [3.05, 3.63) is 0 Å². The molecule has 0 aromatic heterocycles. The Morgan fingerprint density at radius 3 is 2.32 bits per heavy atom. The summed E-state index contributed by atoms with van der Waals surface area (Å²) < 4.78 is 0. The molecule has 2 bridgehead atoms. The van der Waals surface area contributed by atoms with Gasteiger partial charge in [0.1, 0.15) is 0 Å². The summed E-state index contributed by atoms with van der Waals surface area (Å²) in [7, 11) is 0. The molecule has 3 aliphatic carbocycles. The fourth-order valence-corrected chi connectivity index (χ4v) is 5.49. The van der Waals surface area contributed by atoms with Crippen LogP contribution in [0.15, 0.2) is 0 Å². The van der Waals surface area contributed by atoms with E-state index in [4.69, 9.17) is 0 Å². The quantitative estimate of drug-likeness (QED) is 0.816. The van der Waals surface area contributed by atoms with Crippen molar-refractivity contribution < 1.29 is 4.79 Å². The van der Waals surface area contributed by atoms with Gasteiger partial charge >= 0.3 is 0 Å². The zero-order valence-corrected chi connectivity index (χ0v) is 14.7. The van der Waals surface area contributed by atoms with Gasteiger partial charge in [0.25, 0.3) is 0 Å². The molecule has 0 saturated heterocycles. The van der Waals surface area contributed by atoms with Crippen molar-refractivity contribution in [2.45, 2.75) is 77.7 Å². The van der Waals surface area contributed by atoms with Crippen LogP contribution in [0.5, 0.6) is 0 Å². The molecule has 0 heterocycles. The Morgan fingerprint density at radius 2 is 1.68 bits per heavy atom. The number of hydrogen-bond acceptors (Lipinski definition) is 2. The minimum Gasteiger partial charge on any atom is -0.349 e. The maximum atomic E-state index is 12.4. The van der Waals surface area contributed by atoms with Crippen molar-refractivity contribution in [1.29, 1.82) is 0 Å². The van der Waals surface area contributed by atoms with E-state index in [2.05, 4.69) is 31.4 Å². The lowest BCUT2D eigenvalue weighted by atomic mass is 9.64. The highest BCUT2D eigenvalue weighted by Crippen LogP contribution is 2.61. The van der Waals surface area contributed by atoms with Gasteiger partial charge in [-0.3, -0.25) is 4.79 Å². The summed E-state index contributed by atoms with van der Waals surface area (Å²) in [4.78, 5) is 12.4. The fourth-order valence-electron chi connectivity index (χ4n) is 5.49. The molecular weight excluding hydrogens is 272 g/mol. The largest absolute Gasteiger partial charge is 0.349 e. The van der Waals surface area contributed by atoms with Gasteiger partial charge in [0.05, 0.1) is 6.54 Å². The summed E-state index contributed by atoms with van der Waals surface area (Å²) in [5.74, 6) is 2.45. The topological polar surface area (TPSA) is 41.1 Å². The highest BCUT2D eigenvalue weighted by Gasteiger charge is 2.60. The summed E-state index contributed by atoms with van der Waals surface area (Å²) >= 11 is 0. The Balaban J connectivity index is 1.47. The van der Waals surface area contributed by atoms with Crippen LogP contribution < -0.4 is 10.6 Å². The minimum atomic E-state index is -0.0144. The first-order valence-electron chi connectivity index (χ1n) is 9.45. The second-order valence-corrected chi connectivity index (χ2v) is 8.81. The molecule has 2 N–H and O–H groups in total. The number of fused-ring (bicyclic) bond motifs is 2. The summed E-state index contributed by atoms with van der Waals surface area (Å²) in [6, 6.07) is 0. The van der Waals surface area contributed by atoms with E-state index in [1.54, 1.807) is 0 Å². The van der Waals surface area contributed by atoms with Crippen LogP contribution in [0.4, 0.5) is 0 Å². The maximum Gasteiger partial charge on any atom is 0.234 e. The first-order valence-corrected chi connectivity index (χ1v) is 9.45. The maximum absolute atomic E-state index is 12.4. The molecule has 22 heavy (non-hydrogen) atoms. The van der Waals surface area contributed by atoms with Crippen LogP contribution in [0.1, 0.15) is 72.1 Å². The van der Waals surface area contributed by atoms with Crippen LogP contribution in [0, 0.1) is 23.2 Å². The molecule has 0 spiro atoms. The summed E-state index contributed by atoms with van der Waals surface area (Å²) in [6.45, 7) is 8.49. The molecule has 3 rings (SSSR count). The minimum absolute atomic E-state index is 0.0144. The Hall–Kier alpha value is -0.570. The predicted octanol–water partition coefficient (Wildman–Crippen LogP) is 3.49. The Kier molecular flexibility index (Phi) is 4.55. The van der Waals surface area contributed by atoms with Crippen LogP contribution in [0.2, 0.25) is 0 Å². The zero-order chi connectivity index (χ0) is 15.8. The van der Waals surface area contributed by atoms with Gasteiger partial charge < -0.3 is 10.6 Å². The van der Waals surface area contributed by atoms with Gasteiger partial charge in [-0.1, -0.05) is 33.1 Å². The first kappa shape index (κ1) is 16.3. The Bertz CT molecular complexity index is 414. The van der Waals surface area contributed by atoms with E-state index in [0.29, 0.717) is 12.5 Å². The van der Waals surface area contributed by atoms with E-state index in [9.17, 15) is 4.79 Å². The van der Waals surface area contributed by atoms with Crippen LogP contribution >= 0.6 is 0 Å². The molecule has 0 aromatic rings. The average molecular weight is 306 g/mol. The van der Waals surface area contributed by atoms with Crippen LogP contribution in [-0.2, 0) is 4.79 Å². The average Bonchev–Trinajstić information content (AvgIpc) is 3.03. The number of amides is 1. The molecule has 126 valence electrons. The first-order chi connectivity index (χ1) is 10.4. The lowest BCUT2D eigenvalue weighted by Crippen LogP contribution is -2.60. The van der Waals surface area contributed by atoms with E-state index >= 15 is 0 Å². The van der Waals surface area contributed by atoms with Gasteiger partial charge in [-0.2, -0.15) is 0 Å². The summed E-state index contributed by atoms with van der Waals surface area (Å²) in [6.07, 6.45) is 10.8. The molecule has 3 nitrogen and oxygen atoms in total. The van der Waals surface area contributed by atoms with Crippen molar-refractivity contribution in [2.24, 2.45) is 23.2 Å². The molecule has 0 aromatic carbocycles. The highest BCUT2D eigenvalue weighted by atomic mass is 16.2. The Labute approximate surface area is 136 Å². The molecule has 0 radical (unpaired) electrons. The monoisotopic (exact) mass is 306 g/mol. The molecule has 1 amide bonds. The van der Waals surface area contributed by atoms with Crippen LogP contribution in [0.3, 0.4) is 0 Å². The third-order valence-corrected chi connectivity index (χ3v) is 7.45. The third-order valence-electron chi connectivity index (χ3n) is 7.45. The molecular formula is C19H34N2O. The Morgan fingerprint density at radius 1 is 1.00 bits per heavy atom. The predicted molar refractivity (Wildman–Crippen MR) is 90.6 cm³/mol. The highest BCUT2D eigenvalue weighted by molar-refractivity contribution is 5.79. The SMILES string of the molecule is CC1(C)[C@H]2CC[C@H](C2)[C@@]1(C)NC(=O)CNCC1CCCCC1. The normalized spacial score (nSPS) is 37.4. The van der Waals surface area contributed by atoms with Crippen molar-refractivity contribution in [3.8, 4) is 0 Å². The van der Waals surface area contributed by atoms with E-state index in [0.717, 1.165) is 18.4 Å². The smallest absolute Gasteiger partial charge is 0.234 e. The summed E-state index contributed by atoms with van der Waals surface area (Å²) in [5, 5.41) is 6.82. The van der Waals surface area contributed by atoms with Gasteiger partial charge in [0.15, 0.2) is 0 Å². The molecule has 3 saturated carbocycles. The van der Waals surface area contributed by atoms with E-state index < -0.39 is 0 Å². The molecule has 3 atom stereocenters. The van der Waals surface area contributed by atoms with Crippen molar-refractivity contribution in [1.82, 2.24) is 10.6 Å². The van der Waals surface area contributed by atoms with Gasteiger partial charge in [-0.25, -0.2) is 0 Å². The van der Waals surface area contributed by atoms with E-state index in [1.165, 1.54) is 51.4 Å². The van der Waals surface area contributed by atoms with Crippen molar-refractivity contribution in [3.63, 3.8) is 0 Å². The van der Waals surface area contributed by atoms with Crippen LogP contribution in [0.25, 0.3) is 0 Å². The second kappa shape index (κ2) is 6.14.